The number of fused-ring (bicyclic) bond motifs is 1. The Morgan fingerprint density at radius 3 is 2.50 bits per heavy atom. The lowest BCUT2D eigenvalue weighted by Crippen LogP contribution is -1.94. The third-order valence-corrected chi connectivity index (χ3v) is 4.39. The Morgan fingerprint density at radius 2 is 1.85 bits per heavy atom. The van der Waals surface area contributed by atoms with E-state index in [1.807, 2.05) is 13.8 Å². The highest BCUT2D eigenvalue weighted by molar-refractivity contribution is 7.15. The highest BCUT2D eigenvalue weighted by Gasteiger charge is 2.14. The highest BCUT2D eigenvalue weighted by atomic mass is 35.5. The van der Waals surface area contributed by atoms with Crippen LogP contribution in [-0.2, 0) is 0 Å². The molecule has 0 atom stereocenters. The topological polar surface area (TPSA) is 38.7 Å². The summed E-state index contributed by atoms with van der Waals surface area (Å²) in [4.78, 5) is 14.0. The molecule has 0 saturated carbocycles. The number of aryl methyl sites for hydroxylation is 3. The first-order valence-corrected chi connectivity index (χ1v) is 7.23. The lowest BCUT2D eigenvalue weighted by atomic mass is 10.1. The van der Waals surface area contributed by atoms with E-state index in [0.29, 0.717) is 27.4 Å². The summed E-state index contributed by atoms with van der Waals surface area (Å²) >= 11 is 7.71. The second-order valence-electron chi connectivity index (χ2n) is 4.60. The molecule has 0 fully saturated rings. The van der Waals surface area contributed by atoms with E-state index in [1.165, 1.54) is 17.4 Å². The Labute approximate surface area is 124 Å². The van der Waals surface area contributed by atoms with Gasteiger partial charge in [-0.1, -0.05) is 11.6 Å². The van der Waals surface area contributed by atoms with E-state index in [4.69, 9.17) is 11.6 Å². The molecule has 6 heteroatoms. The molecule has 20 heavy (non-hydrogen) atoms. The smallest absolute Gasteiger partial charge is 0.173 e. The molecule has 2 aromatic heterocycles. The Morgan fingerprint density at radius 1 is 1.10 bits per heavy atom. The zero-order chi connectivity index (χ0) is 14.4. The van der Waals surface area contributed by atoms with E-state index < -0.39 is 0 Å². The molecule has 3 nitrogen and oxygen atoms in total. The Balaban J connectivity index is 2.29. The van der Waals surface area contributed by atoms with Gasteiger partial charge >= 0.3 is 0 Å². The normalized spacial score (nSPS) is 11.2. The fourth-order valence-corrected chi connectivity index (χ4v) is 3.15. The predicted molar refractivity (Wildman–Crippen MR) is 79.8 cm³/mol. The fraction of sp³-hybridized carbons (Fsp3) is 0.214. The first kappa shape index (κ1) is 13.4. The molecule has 102 valence electrons. The van der Waals surface area contributed by atoms with Gasteiger partial charge in [0.2, 0.25) is 0 Å². The third kappa shape index (κ3) is 2.17. The molecule has 1 aromatic carbocycles. The molecule has 3 rings (SSSR count). The molecule has 0 aliphatic heterocycles. The number of hydrogen-bond donors (Lipinski definition) is 0. The van der Waals surface area contributed by atoms with Crippen LogP contribution in [0, 0.1) is 26.6 Å². The first-order valence-electron chi connectivity index (χ1n) is 6.03. The average Bonchev–Trinajstić information content (AvgIpc) is 2.71. The van der Waals surface area contributed by atoms with Gasteiger partial charge in [0.05, 0.1) is 21.1 Å². The van der Waals surface area contributed by atoms with Crippen LogP contribution in [-0.4, -0.2) is 15.0 Å². The lowest BCUT2D eigenvalue weighted by Gasteiger charge is -2.05. The van der Waals surface area contributed by atoms with Crippen molar-refractivity contribution in [3.05, 3.63) is 39.4 Å². The molecule has 0 aliphatic rings. The molecule has 2 heterocycles. The lowest BCUT2D eigenvalue weighted by molar-refractivity contribution is 0.620. The number of thiazole rings is 1. The summed E-state index contributed by atoms with van der Waals surface area (Å²) in [5, 5.41) is 1.93. The molecular formula is C14H11ClFN3S. The minimum atomic E-state index is -0.296. The molecule has 0 amide bonds. The van der Waals surface area contributed by atoms with Gasteiger partial charge in [-0.05, 0) is 32.4 Å². The SMILES string of the molecule is Cc1nc(C)c(-c2nc(Cl)c3cc(C)c(F)cc3n2)s1. The summed E-state index contributed by atoms with van der Waals surface area (Å²) in [6.45, 7) is 5.51. The molecule has 0 spiro atoms. The highest BCUT2D eigenvalue weighted by Crippen LogP contribution is 2.31. The van der Waals surface area contributed by atoms with Crippen molar-refractivity contribution in [2.75, 3.05) is 0 Å². The number of nitrogens with zero attached hydrogens (tertiary/aromatic N) is 3. The minimum absolute atomic E-state index is 0.296. The third-order valence-electron chi connectivity index (χ3n) is 3.04. The first-order chi connectivity index (χ1) is 9.45. The maximum Gasteiger partial charge on any atom is 0.173 e. The van der Waals surface area contributed by atoms with Crippen LogP contribution in [0.2, 0.25) is 5.15 Å². The zero-order valence-electron chi connectivity index (χ0n) is 11.2. The average molecular weight is 308 g/mol. The number of rotatable bonds is 1. The molecule has 0 saturated heterocycles. The van der Waals surface area contributed by atoms with Crippen LogP contribution in [0.1, 0.15) is 16.3 Å². The van der Waals surface area contributed by atoms with E-state index in [1.54, 1.807) is 13.0 Å². The Kier molecular flexibility index (Phi) is 3.18. The number of halogens is 2. The minimum Gasteiger partial charge on any atom is -0.246 e. The van der Waals surface area contributed by atoms with E-state index >= 15 is 0 Å². The van der Waals surface area contributed by atoms with Gasteiger partial charge in [0, 0.05) is 11.5 Å². The molecular weight excluding hydrogens is 297 g/mol. The summed E-state index contributed by atoms with van der Waals surface area (Å²) in [6, 6.07) is 3.06. The van der Waals surface area contributed by atoms with Crippen molar-refractivity contribution in [2.24, 2.45) is 0 Å². The molecule has 0 bridgehead atoms. The van der Waals surface area contributed by atoms with Gasteiger partial charge in [-0.15, -0.1) is 11.3 Å². The Hall–Kier alpha value is -1.59. The maximum absolute atomic E-state index is 13.7. The second kappa shape index (κ2) is 4.75. The summed E-state index contributed by atoms with van der Waals surface area (Å²) in [6.07, 6.45) is 0. The van der Waals surface area contributed by atoms with E-state index in [0.717, 1.165) is 15.6 Å². The maximum atomic E-state index is 13.7. The van der Waals surface area contributed by atoms with Crippen molar-refractivity contribution in [1.29, 1.82) is 0 Å². The van der Waals surface area contributed by atoms with Gasteiger partial charge in [-0.2, -0.15) is 0 Å². The van der Waals surface area contributed by atoms with Crippen LogP contribution >= 0.6 is 22.9 Å². The van der Waals surface area contributed by atoms with Crippen molar-refractivity contribution >= 4 is 33.8 Å². The number of hydrogen-bond acceptors (Lipinski definition) is 4. The van der Waals surface area contributed by atoms with Crippen molar-refractivity contribution in [1.82, 2.24) is 15.0 Å². The zero-order valence-corrected chi connectivity index (χ0v) is 12.7. The summed E-state index contributed by atoms with van der Waals surface area (Å²) in [5.74, 6) is 0.198. The predicted octanol–water partition coefficient (Wildman–Crippen LogP) is 4.47. The quantitative estimate of drug-likeness (QED) is 0.623. The number of aromatic nitrogens is 3. The van der Waals surface area contributed by atoms with Gasteiger partial charge in [-0.25, -0.2) is 19.3 Å². The van der Waals surface area contributed by atoms with Crippen LogP contribution in [0.5, 0.6) is 0 Å². The molecule has 0 radical (unpaired) electrons. The largest absolute Gasteiger partial charge is 0.246 e. The van der Waals surface area contributed by atoms with E-state index in [2.05, 4.69) is 15.0 Å². The van der Waals surface area contributed by atoms with Crippen molar-refractivity contribution in [3.8, 4) is 10.7 Å². The van der Waals surface area contributed by atoms with E-state index in [9.17, 15) is 4.39 Å². The van der Waals surface area contributed by atoms with Crippen LogP contribution in [0.4, 0.5) is 4.39 Å². The van der Waals surface area contributed by atoms with Crippen molar-refractivity contribution in [3.63, 3.8) is 0 Å². The van der Waals surface area contributed by atoms with Gasteiger partial charge in [0.1, 0.15) is 11.0 Å². The van der Waals surface area contributed by atoms with Gasteiger partial charge < -0.3 is 0 Å². The van der Waals surface area contributed by atoms with Crippen LogP contribution in [0.15, 0.2) is 12.1 Å². The second-order valence-corrected chi connectivity index (χ2v) is 6.17. The van der Waals surface area contributed by atoms with Crippen LogP contribution < -0.4 is 0 Å². The van der Waals surface area contributed by atoms with Gasteiger partial charge in [0.25, 0.3) is 0 Å². The molecule has 0 unspecified atom stereocenters. The summed E-state index contributed by atoms with van der Waals surface area (Å²) in [5.41, 5.74) is 1.89. The standard InChI is InChI=1S/C14H11ClFN3S/c1-6-4-9-11(5-10(6)16)18-14(19-13(9)15)12-7(2)17-8(3)20-12/h4-5H,1-3H3. The fourth-order valence-electron chi connectivity index (χ4n) is 2.06. The molecule has 3 aromatic rings. The van der Waals surface area contributed by atoms with Gasteiger partial charge in [-0.3, -0.25) is 0 Å². The molecule has 0 aliphatic carbocycles. The van der Waals surface area contributed by atoms with Crippen molar-refractivity contribution in [2.45, 2.75) is 20.8 Å². The van der Waals surface area contributed by atoms with E-state index in [-0.39, 0.29) is 5.82 Å². The van der Waals surface area contributed by atoms with Crippen LogP contribution in [0.3, 0.4) is 0 Å². The summed E-state index contributed by atoms with van der Waals surface area (Å²) in [7, 11) is 0. The summed E-state index contributed by atoms with van der Waals surface area (Å²) < 4.78 is 13.7. The van der Waals surface area contributed by atoms with Crippen LogP contribution in [0.25, 0.3) is 21.6 Å². The number of benzene rings is 1. The Bertz CT molecular complexity index is 829. The van der Waals surface area contributed by atoms with Crippen molar-refractivity contribution < 1.29 is 4.39 Å². The monoisotopic (exact) mass is 307 g/mol. The van der Waals surface area contributed by atoms with Gasteiger partial charge in [0.15, 0.2) is 5.82 Å². The molecule has 0 N–H and O–H groups in total.